The maximum absolute atomic E-state index is 12.0. The number of hydrogen-bond acceptors (Lipinski definition) is 9. The van der Waals surface area contributed by atoms with Crippen molar-refractivity contribution in [2.24, 2.45) is 0 Å². The molecule has 0 aromatic heterocycles. The van der Waals surface area contributed by atoms with E-state index in [2.05, 4.69) is 0 Å². The van der Waals surface area contributed by atoms with Crippen LogP contribution in [-0.2, 0) is 31.5 Å². The molecule has 0 radical (unpaired) electrons. The molecule has 2 aliphatic rings. The summed E-state index contributed by atoms with van der Waals surface area (Å²) in [5.74, 6) is -0.390. The Morgan fingerprint density at radius 1 is 0.419 bits per heavy atom. The lowest BCUT2D eigenvalue weighted by molar-refractivity contribution is -0.121. The Labute approximate surface area is 255 Å². The zero-order valence-electron chi connectivity index (χ0n) is 25.5. The van der Waals surface area contributed by atoms with Crippen LogP contribution in [0.5, 0.6) is 11.5 Å². The first-order chi connectivity index (χ1) is 19.9. The van der Waals surface area contributed by atoms with E-state index < -0.39 is 34.2 Å². The number of nitrogens with zero attached hydrogens (tertiary/aromatic N) is 2. The molecule has 0 aliphatic carbocycles. The highest BCUT2D eigenvalue weighted by Gasteiger charge is 2.46. The zero-order chi connectivity index (χ0) is 31.8. The van der Waals surface area contributed by atoms with E-state index in [-0.39, 0.29) is 23.6 Å². The Morgan fingerprint density at radius 2 is 0.674 bits per heavy atom. The van der Waals surface area contributed by atoms with Gasteiger partial charge in [-0.2, -0.15) is 0 Å². The molecule has 0 atom stereocenters. The summed E-state index contributed by atoms with van der Waals surface area (Å²) < 4.78 is 32.1. The fraction of sp³-hybridized carbons (Fsp3) is 0.286. The van der Waals surface area contributed by atoms with Gasteiger partial charge in [-0.25, -0.2) is 9.80 Å². The van der Waals surface area contributed by atoms with E-state index in [4.69, 9.17) is 21.2 Å². The number of rotatable bonds is 12. The Morgan fingerprint density at radius 3 is 0.953 bits per heavy atom. The minimum absolute atomic E-state index is 0.379. The summed E-state index contributed by atoms with van der Waals surface area (Å²) >= 11 is 0. The Kier molecular flexibility index (Phi) is 8.99. The predicted octanol–water partition coefficient (Wildman–Crippen LogP) is 4.86. The van der Waals surface area contributed by atoms with Gasteiger partial charge in [-0.15, -0.1) is 0 Å². The van der Waals surface area contributed by atoms with Gasteiger partial charge >= 0.3 is 34.2 Å². The molecular formula is C28H36N2O9Si4. The van der Waals surface area contributed by atoms with Crippen LogP contribution in [0.4, 0.5) is 11.4 Å². The molecule has 0 N–H and O–H groups in total. The second kappa shape index (κ2) is 11.9. The van der Waals surface area contributed by atoms with Crippen molar-refractivity contribution in [1.29, 1.82) is 0 Å². The minimum Gasteiger partial charge on any atom is -0.521 e. The summed E-state index contributed by atoms with van der Waals surface area (Å²) in [4.78, 5) is 50.0. The molecule has 15 heteroatoms. The molecule has 2 aromatic rings. The lowest BCUT2D eigenvalue weighted by atomic mass is 10.3. The molecule has 2 heterocycles. The van der Waals surface area contributed by atoms with Crippen molar-refractivity contribution in [3.05, 3.63) is 72.8 Å². The van der Waals surface area contributed by atoms with Crippen LogP contribution in [0, 0.1) is 0 Å². The molecule has 4 amide bonds. The van der Waals surface area contributed by atoms with Gasteiger partial charge in [0.1, 0.15) is 11.5 Å². The lowest BCUT2D eigenvalue weighted by Gasteiger charge is -2.40. The van der Waals surface area contributed by atoms with Crippen LogP contribution in [0.2, 0.25) is 52.4 Å². The molecule has 0 fully saturated rings. The van der Waals surface area contributed by atoms with Gasteiger partial charge < -0.3 is 21.2 Å². The fourth-order valence-corrected chi connectivity index (χ4v) is 22.1. The molecule has 228 valence electrons. The van der Waals surface area contributed by atoms with E-state index in [1.54, 1.807) is 48.5 Å². The Bertz CT molecular complexity index is 1340. The molecule has 0 bridgehead atoms. The standard InChI is InChI=1S/C28H36N2O9Si4/c1-40(2,35-23-13-9-21(10-14-23)29-25(31)17-18-26(29)32)37-42(5,6)39-43(7,8)38-41(3,4)36-24-15-11-22(12-16-24)30-27(33)19-20-28(30)34/h9-20H,1-8H3. The van der Waals surface area contributed by atoms with Crippen molar-refractivity contribution in [1.82, 2.24) is 0 Å². The molecule has 11 nitrogen and oxygen atoms in total. The number of benzene rings is 2. The smallest absolute Gasteiger partial charge is 0.383 e. The van der Waals surface area contributed by atoms with Gasteiger partial charge in [0, 0.05) is 24.3 Å². The van der Waals surface area contributed by atoms with Crippen LogP contribution < -0.4 is 18.7 Å². The van der Waals surface area contributed by atoms with Gasteiger partial charge in [-0.05, 0) is 101 Å². The number of imide groups is 2. The maximum Gasteiger partial charge on any atom is 0.383 e. The van der Waals surface area contributed by atoms with E-state index in [0.717, 1.165) is 9.80 Å². The highest BCUT2D eigenvalue weighted by atomic mass is 28.5. The first kappa shape index (κ1) is 32.5. The van der Waals surface area contributed by atoms with Crippen molar-refractivity contribution >= 4 is 69.2 Å². The van der Waals surface area contributed by atoms with Gasteiger partial charge in [0.2, 0.25) is 0 Å². The van der Waals surface area contributed by atoms with Crippen LogP contribution in [0.1, 0.15) is 0 Å². The van der Waals surface area contributed by atoms with E-state index in [1.807, 2.05) is 52.4 Å². The molecule has 0 spiro atoms. The fourth-order valence-electron chi connectivity index (χ4n) is 5.06. The maximum atomic E-state index is 12.0. The van der Waals surface area contributed by atoms with Crippen LogP contribution in [0.15, 0.2) is 72.8 Å². The summed E-state index contributed by atoms with van der Waals surface area (Å²) in [6.45, 7) is 15.5. The van der Waals surface area contributed by atoms with Gasteiger partial charge in [0.25, 0.3) is 23.6 Å². The second-order valence-electron chi connectivity index (χ2n) is 11.8. The number of anilines is 2. The van der Waals surface area contributed by atoms with E-state index in [0.29, 0.717) is 22.9 Å². The van der Waals surface area contributed by atoms with Crippen molar-refractivity contribution in [3.63, 3.8) is 0 Å². The average molecular weight is 657 g/mol. The molecule has 43 heavy (non-hydrogen) atoms. The van der Waals surface area contributed by atoms with Crippen LogP contribution in [-0.4, -0.2) is 57.9 Å². The molecule has 0 saturated heterocycles. The first-order valence-corrected chi connectivity index (χ1v) is 24.9. The Balaban J connectivity index is 1.33. The zero-order valence-corrected chi connectivity index (χ0v) is 29.5. The summed E-state index contributed by atoms with van der Waals surface area (Å²) in [5, 5.41) is 0. The van der Waals surface area contributed by atoms with Crippen LogP contribution in [0.3, 0.4) is 0 Å². The van der Waals surface area contributed by atoms with E-state index in [9.17, 15) is 19.2 Å². The van der Waals surface area contributed by atoms with Gasteiger partial charge in [-0.3, -0.25) is 19.2 Å². The highest BCUT2D eigenvalue weighted by Crippen LogP contribution is 2.29. The van der Waals surface area contributed by atoms with Crippen molar-refractivity contribution < 1.29 is 40.4 Å². The van der Waals surface area contributed by atoms with Crippen molar-refractivity contribution in [2.45, 2.75) is 52.4 Å². The summed E-state index contributed by atoms with van der Waals surface area (Å²) in [6.07, 6.45) is 4.97. The molecule has 2 aromatic carbocycles. The number of carbonyl (C=O) groups excluding carboxylic acids is 4. The molecule has 4 rings (SSSR count). The molecule has 0 saturated carbocycles. The minimum atomic E-state index is -2.75. The van der Waals surface area contributed by atoms with Gasteiger partial charge in [0.15, 0.2) is 0 Å². The molecule has 2 aliphatic heterocycles. The molecule has 0 unspecified atom stereocenters. The lowest BCUT2D eigenvalue weighted by Crippen LogP contribution is -2.58. The average Bonchev–Trinajstić information content (AvgIpc) is 3.37. The largest absolute Gasteiger partial charge is 0.521 e. The van der Waals surface area contributed by atoms with Gasteiger partial charge in [0.05, 0.1) is 11.4 Å². The third-order valence-electron chi connectivity index (χ3n) is 6.01. The number of amides is 4. The van der Waals surface area contributed by atoms with E-state index >= 15 is 0 Å². The van der Waals surface area contributed by atoms with E-state index in [1.165, 1.54) is 24.3 Å². The first-order valence-electron chi connectivity index (χ1n) is 13.7. The Hall–Kier alpha value is -3.45. The third-order valence-corrected chi connectivity index (χ3v) is 19.3. The normalized spacial score (nSPS) is 16.1. The topological polar surface area (TPSA) is 121 Å². The summed E-state index contributed by atoms with van der Waals surface area (Å²) in [5.41, 5.74) is 0.935. The molecular weight excluding hydrogens is 621 g/mol. The summed E-state index contributed by atoms with van der Waals surface area (Å²) in [7, 11) is -11.0. The van der Waals surface area contributed by atoms with Crippen LogP contribution >= 0.6 is 0 Å². The predicted molar refractivity (Wildman–Crippen MR) is 171 cm³/mol. The summed E-state index contributed by atoms with van der Waals surface area (Å²) in [6, 6.07) is 13.5. The second-order valence-corrected chi connectivity index (χ2v) is 25.8. The van der Waals surface area contributed by atoms with Crippen molar-refractivity contribution in [3.8, 4) is 11.5 Å². The number of hydrogen-bond donors (Lipinski definition) is 0. The SMILES string of the molecule is C[Si](C)(Oc1ccc(N2C(=O)C=CC2=O)cc1)O[Si](C)(C)O[Si](C)(C)O[Si](C)(C)Oc1ccc(N2C(=O)C=CC2=O)cc1. The number of carbonyl (C=O) groups is 4. The quantitative estimate of drug-likeness (QED) is 0.233. The highest BCUT2D eigenvalue weighted by molar-refractivity contribution is 6.87. The van der Waals surface area contributed by atoms with Crippen molar-refractivity contribution in [2.75, 3.05) is 9.80 Å². The van der Waals surface area contributed by atoms with Gasteiger partial charge in [-0.1, -0.05) is 0 Å². The van der Waals surface area contributed by atoms with Crippen LogP contribution in [0.25, 0.3) is 0 Å². The third kappa shape index (κ3) is 8.35. The monoisotopic (exact) mass is 656 g/mol.